The molecule has 2 rings (SSSR count). The summed E-state index contributed by atoms with van der Waals surface area (Å²) in [6.07, 6.45) is 2.88. The summed E-state index contributed by atoms with van der Waals surface area (Å²) in [5.74, 6) is 0.887. The summed E-state index contributed by atoms with van der Waals surface area (Å²) in [5.41, 5.74) is 0. The van der Waals surface area contributed by atoms with Gasteiger partial charge in [-0.1, -0.05) is 0 Å². The molecule has 4 heteroatoms. The lowest BCUT2D eigenvalue weighted by atomic mass is 9.99. The molecule has 2 atom stereocenters. The zero-order chi connectivity index (χ0) is 10.7. The zero-order valence-electron chi connectivity index (χ0n) is 9.37. The van der Waals surface area contributed by atoms with Crippen molar-refractivity contribution < 1.29 is 9.53 Å². The van der Waals surface area contributed by atoms with Gasteiger partial charge in [-0.3, -0.25) is 4.79 Å². The molecule has 2 saturated heterocycles. The Hall–Kier alpha value is -0.610. The molecule has 0 aromatic carbocycles. The molecule has 2 aliphatic heterocycles. The first kappa shape index (κ1) is 10.9. The highest BCUT2D eigenvalue weighted by atomic mass is 16.5. The minimum atomic E-state index is 0.314. The van der Waals surface area contributed by atoms with Crippen LogP contribution >= 0.6 is 0 Å². The van der Waals surface area contributed by atoms with Gasteiger partial charge in [-0.05, 0) is 19.9 Å². The average molecular weight is 212 g/mol. The van der Waals surface area contributed by atoms with Crippen molar-refractivity contribution in [1.82, 2.24) is 10.2 Å². The molecule has 0 aromatic rings. The van der Waals surface area contributed by atoms with Crippen molar-refractivity contribution in [1.29, 1.82) is 0 Å². The van der Waals surface area contributed by atoms with E-state index < -0.39 is 0 Å². The van der Waals surface area contributed by atoms with Crippen molar-refractivity contribution in [2.75, 3.05) is 33.4 Å². The van der Waals surface area contributed by atoms with Crippen LogP contribution in [0.15, 0.2) is 0 Å². The summed E-state index contributed by atoms with van der Waals surface area (Å²) in [6, 6.07) is 0.398. The van der Waals surface area contributed by atoms with E-state index in [1.165, 1.54) is 0 Å². The quantitative estimate of drug-likeness (QED) is 0.725. The Morgan fingerprint density at radius 2 is 2.53 bits per heavy atom. The molecule has 0 bridgehead atoms. The van der Waals surface area contributed by atoms with E-state index in [9.17, 15) is 4.79 Å². The molecule has 0 spiro atoms. The molecule has 15 heavy (non-hydrogen) atoms. The summed E-state index contributed by atoms with van der Waals surface area (Å²) in [4.78, 5) is 13.5. The third kappa shape index (κ3) is 2.49. The van der Waals surface area contributed by atoms with Crippen LogP contribution in [0.3, 0.4) is 0 Å². The molecule has 2 fully saturated rings. The fourth-order valence-electron chi connectivity index (χ4n) is 2.48. The molecule has 86 valence electrons. The Morgan fingerprint density at radius 3 is 3.07 bits per heavy atom. The van der Waals surface area contributed by atoms with E-state index in [0.717, 1.165) is 45.6 Å². The first-order valence-electron chi connectivity index (χ1n) is 5.84. The summed E-state index contributed by atoms with van der Waals surface area (Å²) in [6.45, 7) is 3.50. The third-order valence-corrected chi connectivity index (χ3v) is 3.49. The lowest BCUT2D eigenvalue weighted by Gasteiger charge is -2.27. The summed E-state index contributed by atoms with van der Waals surface area (Å²) in [5, 5.41) is 3.32. The fourth-order valence-corrected chi connectivity index (χ4v) is 2.48. The molecule has 0 aliphatic carbocycles. The number of hydrogen-bond acceptors (Lipinski definition) is 3. The first-order chi connectivity index (χ1) is 7.31. The average Bonchev–Trinajstić information content (AvgIpc) is 2.86. The molecule has 4 nitrogen and oxygen atoms in total. The van der Waals surface area contributed by atoms with Gasteiger partial charge in [0.2, 0.25) is 5.91 Å². The molecule has 2 heterocycles. The molecular formula is C11H20N2O2. The van der Waals surface area contributed by atoms with E-state index in [4.69, 9.17) is 4.74 Å². The van der Waals surface area contributed by atoms with E-state index in [2.05, 4.69) is 5.32 Å². The minimum absolute atomic E-state index is 0.314. The van der Waals surface area contributed by atoms with Crippen LogP contribution in [0.25, 0.3) is 0 Å². The van der Waals surface area contributed by atoms with Crippen molar-refractivity contribution in [3.63, 3.8) is 0 Å². The number of nitrogens with zero attached hydrogens (tertiary/aromatic N) is 1. The van der Waals surface area contributed by atoms with Gasteiger partial charge in [-0.25, -0.2) is 0 Å². The predicted octanol–water partition coefficient (Wildman–Crippen LogP) is 0.233. The number of likely N-dealkylation sites (N-methyl/N-ethyl adjacent to an activating group) is 1. The fraction of sp³-hybridized carbons (Fsp3) is 0.909. The molecule has 2 unspecified atom stereocenters. The molecular weight excluding hydrogens is 192 g/mol. The third-order valence-electron chi connectivity index (χ3n) is 3.49. The summed E-state index contributed by atoms with van der Waals surface area (Å²) >= 11 is 0. The standard InChI is InChI=1S/C11H20N2O2/c1-12-10(9-4-6-15-8-9)7-13-5-2-3-11(13)14/h9-10,12H,2-8H2,1H3. The van der Waals surface area contributed by atoms with Crippen molar-refractivity contribution in [3.05, 3.63) is 0 Å². The number of amides is 1. The van der Waals surface area contributed by atoms with Gasteiger partial charge in [0.1, 0.15) is 0 Å². The Balaban J connectivity index is 1.86. The smallest absolute Gasteiger partial charge is 0.222 e. The van der Waals surface area contributed by atoms with Crippen molar-refractivity contribution in [2.45, 2.75) is 25.3 Å². The van der Waals surface area contributed by atoms with Crippen molar-refractivity contribution in [2.24, 2.45) is 5.92 Å². The number of nitrogens with one attached hydrogen (secondary N) is 1. The highest BCUT2D eigenvalue weighted by Gasteiger charge is 2.29. The van der Waals surface area contributed by atoms with E-state index in [1.807, 2.05) is 11.9 Å². The highest BCUT2D eigenvalue weighted by Crippen LogP contribution is 2.19. The van der Waals surface area contributed by atoms with Crippen LogP contribution < -0.4 is 5.32 Å². The molecule has 0 radical (unpaired) electrons. The number of hydrogen-bond donors (Lipinski definition) is 1. The van der Waals surface area contributed by atoms with Crippen LogP contribution in [0.5, 0.6) is 0 Å². The maximum absolute atomic E-state index is 11.5. The van der Waals surface area contributed by atoms with Crippen molar-refractivity contribution in [3.8, 4) is 0 Å². The van der Waals surface area contributed by atoms with Gasteiger partial charge in [0, 0.05) is 38.1 Å². The normalized spacial score (nSPS) is 28.7. The number of carbonyl (C=O) groups excluding carboxylic acids is 1. The van der Waals surface area contributed by atoms with Gasteiger partial charge < -0.3 is 15.0 Å². The molecule has 1 amide bonds. The second kappa shape index (κ2) is 4.94. The Kier molecular flexibility index (Phi) is 3.59. The number of rotatable bonds is 4. The second-order valence-electron chi connectivity index (χ2n) is 4.46. The SMILES string of the molecule is CNC(CN1CCCC1=O)C1CCOC1. The minimum Gasteiger partial charge on any atom is -0.381 e. The Bertz CT molecular complexity index is 227. The van der Waals surface area contributed by atoms with E-state index in [0.29, 0.717) is 17.9 Å². The van der Waals surface area contributed by atoms with Crippen LogP contribution in [0.4, 0.5) is 0 Å². The number of carbonyl (C=O) groups is 1. The molecule has 0 aromatic heterocycles. The van der Waals surface area contributed by atoms with Crippen LogP contribution in [0.2, 0.25) is 0 Å². The van der Waals surface area contributed by atoms with Crippen LogP contribution in [0.1, 0.15) is 19.3 Å². The van der Waals surface area contributed by atoms with E-state index >= 15 is 0 Å². The molecule has 0 saturated carbocycles. The predicted molar refractivity (Wildman–Crippen MR) is 57.6 cm³/mol. The maximum atomic E-state index is 11.5. The van der Waals surface area contributed by atoms with Gasteiger partial charge in [0.05, 0.1) is 6.61 Å². The molecule has 1 N–H and O–H groups in total. The zero-order valence-corrected chi connectivity index (χ0v) is 9.37. The van der Waals surface area contributed by atoms with Gasteiger partial charge in [-0.2, -0.15) is 0 Å². The largest absolute Gasteiger partial charge is 0.381 e. The molecule has 2 aliphatic rings. The van der Waals surface area contributed by atoms with Gasteiger partial charge in [-0.15, -0.1) is 0 Å². The Labute approximate surface area is 91.0 Å². The number of ether oxygens (including phenoxy) is 1. The summed E-state index contributed by atoms with van der Waals surface area (Å²) < 4.78 is 5.39. The topological polar surface area (TPSA) is 41.6 Å². The summed E-state index contributed by atoms with van der Waals surface area (Å²) in [7, 11) is 1.98. The van der Waals surface area contributed by atoms with Crippen LogP contribution in [-0.2, 0) is 9.53 Å². The van der Waals surface area contributed by atoms with E-state index in [1.54, 1.807) is 0 Å². The highest BCUT2D eigenvalue weighted by molar-refractivity contribution is 5.78. The lowest BCUT2D eigenvalue weighted by molar-refractivity contribution is -0.128. The van der Waals surface area contributed by atoms with Gasteiger partial charge in [0.15, 0.2) is 0 Å². The lowest BCUT2D eigenvalue weighted by Crippen LogP contribution is -2.44. The van der Waals surface area contributed by atoms with Crippen LogP contribution in [0, 0.1) is 5.92 Å². The van der Waals surface area contributed by atoms with Gasteiger partial charge >= 0.3 is 0 Å². The maximum Gasteiger partial charge on any atom is 0.222 e. The van der Waals surface area contributed by atoms with Crippen molar-refractivity contribution >= 4 is 5.91 Å². The monoisotopic (exact) mass is 212 g/mol. The number of likely N-dealkylation sites (tertiary alicyclic amines) is 1. The van der Waals surface area contributed by atoms with Crippen LogP contribution in [-0.4, -0.2) is 50.2 Å². The second-order valence-corrected chi connectivity index (χ2v) is 4.46. The van der Waals surface area contributed by atoms with Gasteiger partial charge in [0.25, 0.3) is 0 Å². The first-order valence-corrected chi connectivity index (χ1v) is 5.84. The Morgan fingerprint density at radius 1 is 1.67 bits per heavy atom. The van der Waals surface area contributed by atoms with E-state index in [-0.39, 0.29) is 0 Å².